The molecule has 0 saturated heterocycles. The monoisotopic (exact) mass is 728 g/mol. The average molecular weight is 729 g/mol. The van der Waals surface area contributed by atoms with Gasteiger partial charge in [0.1, 0.15) is 0 Å². The molecule has 0 radical (unpaired) electrons. The SMILES string of the molecule is Cc1ccc2ccc3c(-c4ccc(-c5ccc(-c6cc(-c7ccccc7)nc(-c7ccc(-c8ccccc8)cc7)n6)cc5)cc4)cc(-c4ccccc4)nc3c2n1. The van der Waals surface area contributed by atoms with E-state index in [0.717, 1.165) is 94.7 Å². The van der Waals surface area contributed by atoms with Gasteiger partial charge in [-0.1, -0.05) is 182 Å². The largest absolute Gasteiger partial charge is 0.251 e. The lowest BCUT2D eigenvalue weighted by Crippen LogP contribution is -1.96. The van der Waals surface area contributed by atoms with E-state index < -0.39 is 0 Å². The molecule has 4 nitrogen and oxygen atoms in total. The van der Waals surface area contributed by atoms with Gasteiger partial charge in [0.05, 0.1) is 28.1 Å². The Morgan fingerprint density at radius 2 is 0.719 bits per heavy atom. The fourth-order valence-corrected chi connectivity index (χ4v) is 7.56. The molecule has 4 heteroatoms. The maximum Gasteiger partial charge on any atom is 0.160 e. The molecule has 0 fully saturated rings. The second-order valence-corrected chi connectivity index (χ2v) is 14.3. The molecular weight excluding hydrogens is 693 g/mol. The summed E-state index contributed by atoms with van der Waals surface area (Å²) in [7, 11) is 0. The van der Waals surface area contributed by atoms with Gasteiger partial charge in [-0.05, 0) is 58.5 Å². The van der Waals surface area contributed by atoms with Crippen LogP contribution in [0.25, 0.3) is 100 Å². The molecule has 268 valence electrons. The zero-order valence-electron chi connectivity index (χ0n) is 31.3. The van der Waals surface area contributed by atoms with E-state index in [1.807, 2.05) is 37.3 Å². The van der Waals surface area contributed by atoms with E-state index in [1.165, 1.54) is 5.56 Å². The molecule has 0 spiro atoms. The Balaban J connectivity index is 0.993. The van der Waals surface area contributed by atoms with Crippen LogP contribution in [-0.2, 0) is 0 Å². The molecular formula is C53H36N4. The minimum Gasteiger partial charge on any atom is -0.251 e. The van der Waals surface area contributed by atoms with Crippen molar-refractivity contribution in [3.8, 4) is 78.5 Å². The molecule has 10 aromatic rings. The first kappa shape index (κ1) is 34.0. The molecule has 0 unspecified atom stereocenters. The lowest BCUT2D eigenvalue weighted by molar-refractivity contribution is 1.18. The Morgan fingerprint density at radius 1 is 0.298 bits per heavy atom. The highest BCUT2D eigenvalue weighted by Crippen LogP contribution is 2.37. The van der Waals surface area contributed by atoms with Gasteiger partial charge in [0.2, 0.25) is 0 Å². The van der Waals surface area contributed by atoms with Crippen LogP contribution in [0.15, 0.2) is 200 Å². The summed E-state index contributed by atoms with van der Waals surface area (Å²) >= 11 is 0. The Hall–Kier alpha value is -7.56. The number of benzene rings is 7. The van der Waals surface area contributed by atoms with Gasteiger partial charge in [0, 0.05) is 38.7 Å². The van der Waals surface area contributed by atoms with Crippen molar-refractivity contribution in [2.75, 3.05) is 0 Å². The van der Waals surface area contributed by atoms with Gasteiger partial charge in [-0.25, -0.2) is 15.0 Å². The Morgan fingerprint density at radius 3 is 1.28 bits per heavy atom. The molecule has 0 atom stereocenters. The zero-order valence-corrected chi connectivity index (χ0v) is 31.3. The third kappa shape index (κ3) is 6.75. The maximum absolute atomic E-state index is 5.19. The summed E-state index contributed by atoms with van der Waals surface area (Å²) in [5.74, 6) is 0.698. The number of hydrogen-bond acceptors (Lipinski definition) is 4. The molecule has 0 N–H and O–H groups in total. The van der Waals surface area contributed by atoms with E-state index in [2.05, 4.69) is 170 Å². The second kappa shape index (κ2) is 14.6. The van der Waals surface area contributed by atoms with Crippen molar-refractivity contribution in [3.05, 3.63) is 206 Å². The summed E-state index contributed by atoms with van der Waals surface area (Å²) in [5.41, 5.74) is 16.5. The van der Waals surface area contributed by atoms with Crippen LogP contribution in [-0.4, -0.2) is 19.9 Å². The summed E-state index contributed by atoms with van der Waals surface area (Å²) in [6.45, 7) is 2.03. The van der Waals surface area contributed by atoms with Gasteiger partial charge >= 0.3 is 0 Å². The molecule has 0 aliphatic carbocycles. The van der Waals surface area contributed by atoms with Gasteiger partial charge in [-0.3, -0.25) is 4.98 Å². The summed E-state index contributed by atoms with van der Waals surface area (Å²) in [5, 5.41) is 2.17. The van der Waals surface area contributed by atoms with E-state index in [-0.39, 0.29) is 0 Å². The van der Waals surface area contributed by atoms with E-state index in [4.69, 9.17) is 19.9 Å². The molecule has 7 aromatic carbocycles. The third-order valence-electron chi connectivity index (χ3n) is 10.6. The third-order valence-corrected chi connectivity index (χ3v) is 10.6. The molecule has 0 aliphatic heterocycles. The molecule has 10 rings (SSSR count). The lowest BCUT2D eigenvalue weighted by atomic mass is 9.95. The van der Waals surface area contributed by atoms with Crippen LogP contribution >= 0.6 is 0 Å². The van der Waals surface area contributed by atoms with E-state index in [9.17, 15) is 0 Å². The first-order valence-electron chi connectivity index (χ1n) is 19.2. The topological polar surface area (TPSA) is 51.6 Å². The highest BCUT2D eigenvalue weighted by Gasteiger charge is 2.15. The molecule has 57 heavy (non-hydrogen) atoms. The molecule has 3 heterocycles. The number of pyridine rings is 2. The predicted octanol–water partition coefficient (Wildman–Crippen LogP) is 13.6. The summed E-state index contributed by atoms with van der Waals surface area (Å²) < 4.78 is 0. The number of rotatable bonds is 7. The highest BCUT2D eigenvalue weighted by molar-refractivity contribution is 6.09. The summed E-state index contributed by atoms with van der Waals surface area (Å²) in [6.07, 6.45) is 0. The average Bonchev–Trinajstić information content (AvgIpc) is 3.29. The van der Waals surface area contributed by atoms with Gasteiger partial charge < -0.3 is 0 Å². The second-order valence-electron chi connectivity index (χ2n) is 14.3. The molecule has 0 bridgehead atoms. The fourth-order valence-electron chi connectivity index (χ4n) is 7.56. The fraction of sp³-hybridized carbons (Fsp3) is 0.0189. The van der Waals surface area contributed by atoms with Gasteiger partial charge in [0.15, 0.2) is 5.82 Å². The Labute approximate surface area is 331 Å². The highest BCUT2D eigenvalue weighted by atomic mass is 14.9. The van der Waals surface area contributed by atoms with Crippen LogP contribution in [0.4, 0.5) is 0 Å². The summed E-state index contributed by atoms with van der Waals surface area (Å²) in [4.78, 5) is 20.3. The van der Waals surface area contributed by atoms with Crippen molar-refractivity contribution in [2.45, 2.75) is 6.92 Å². The molecule has 3 aromatic heterocycles. The number of hydrogen-bond donors (Lipinski definition) is 0. The molecule has 0 aliphatic rings. The van der Waals surface area contributed by atoms with Gasteiger partial charge in [-0.2, -0.15) is 0 Å². The maximum atomic E-state index is 5.19. The van der Waals surface area contributed by atoms with Gasteiger partial charge in [-0.15, -0.1) is 0 Å². The minimum atomic E-state index is 0.698. The molecule has 0 saturated carbocycles. The van der Waals surface area contributed by atoms with E-state index in [1.54, 1.807) is 0 Å². The number of aryl methyl sites for hydroxylation is 1. The van der Waals surface area contributed by atoms with Crippen LogP contribution in [0.2, 0.25) is 0 Å². The van der Waals surface area contributed by atoms with Crippen LogP contribution in [0.3, 0.4) is 0 Å². The number of aromatic nitrogens is 4. The van der Waals surface area contributed by atoms with Crippen molar-refractivity contribution in [1.29, 1.82) is 0 Å². The first-order valence-corrected chi connectivity index (χ1v) is 19.2. The quantitative estimate of drug-likeness (QED) is 0.153. The summed E-state index contributed by atoms with van der Waals surface area (Å²) in [6, 6.07) is 69.9. The van der Waals surface area contributed by atoms with E-state index in [0.29, 0.717) is 5.82 Å². The van der Waals surface area contributed by atoms with E-state index >= 15 is 0 Å². The van der Waals surface area contributed by atoms with Crippen molar-refractivity contribution in [2.24, 2.45) is 0 Å². The Bertz CT molecular complexity index is 3020. The zero-order chi connectivity index (χ0) is 38.1. The van der Waals surface area contributed by atoms with Crippen LogP contribution < -0.4 is 0 Å². The lowest BCUT2D eigenvalue weighted by Gasteiger charge is -2.13. The van der Waals surface area contributed by atoms with Crippen molar-refractivity contribution in [1.82, 2.24) is 19.9 Å². The standard InChI is InChI=1S/C53H36N4/c1-35-17-18-44-31-32-46-47(33-48(41-13-7-3-8-14-41)55-52(46)51(44)54-35)40-25-19-38(20-26-40)39-21-27-43(28-22-39)50-34-49(42-15-9-4-10-16-42)56-53(57-50)45-29-23-37(24-30-45)36-11-5-2-6-12-36/h2-34H,1H3. The minimum absolute atomic E-state index is 0.698. The van der Waals surface area contributed by atoms with Crippen molar-refractivity contribution < 1.29 is 0 Å². The normalized spacial score (nSPS) is 11.2. The van der Waals surface area contributed by atoms with Crippen molar-refractivity contribution in [3.63, 3.8) is 0 Å². The van der Waals surface area contributed by atoms with Gasteiger partial charge in [0.25, 0.3) is 0 Å². The number of nitrogens with zero attached hydrogens (tertiary/aromatic N) is 4. The van der Waals surface area contributed by atoms with Crippen LogP contribution in [0.5, 0.6) is 0 Å². The molecule has 0 amide bonds. The van der Waals surface area contributed by atoms with Crippen molar-refractivity contribution >= 4 is 21.8 Å². The Kier molecular flexibility index (Phi) is 8.69. The predicted molar refractivity (Wildman–Crippen MR) is 235 cm³/mol. The first-order chi connectivity index (χ1) is 28.1. The smallest absolute Gasteiger partial charge is 0.160 e. The number of fused-ring (bicyclic) bond motifs is 3. The van der Waals surface area contributed by atoms with Crippen LogP contribution in [0.1, 0.15) is 5.69 Å². The van der Waals surface area contributed by atoms with Crippen LogP contribution in [0, 0.1) is 6.92 Å².